The number of rotatable bonds is 1. The molecule has 0 radical (unpaired) electrons. The first kappa shape index (κ1) is 11.1. The minimum Gasteiger partial charge on any atom is -0.361 e. The van der Waals surface area contributed by atoms with Gasteiger partial charge in [0.05, 0.1) is 0 Å². The number of fused-ring (bicyclic) bond motifs is 1. The Kier molecular flexibility index (Phi) is 2.48. The summed E-state index contributed by atoms with van der Waals surface area (Å²) in [4.78, 5) is 3.36. The van der Waals surface area contributed by atoms with E-state index in [9.17, 15) is 0 Å². The van der Waals surface area contributed by atoms with Crippen LogP contribution in [-0.2, 0) is 0 Å². The van der Waals surface area contributed by atoms with E-state index in [1.54, 1.807) is 0 Å². The first-order chi connectivity index (χ1) is 8.66. The van der Waals surface area contributed by atoms with Crippen molar-refractivity contribution in [2.45, 2.75) is 20.8 Å². The Balaban J connectivity index is 2.33. The lowest BCUT2D eigenvalue weighted by molar-refractivity contribution is 1.32. The molecule has 0 bridgehead atoms. The van der Waals surface area contributed by atoms with Crippen LogP contribution in [0.2, 0.25) is 0 Å². The molecular formula is C17H17N. The van der Waals surface area contributed by atoms with E-state index in [1.165, 1.54) is 38.7 Å². The maximum absolute atomic E-state index is 3.36. The van der Waals surface area contributed by atoms with E-state index in [-0.39, 0.29) is 0 Å². The van der Waals surface area contributed by atoms with Crippen LogP contribution < -0.4 is 0 Å². The zero-order valence-electron chi connectivity index (χ0n) is 11.0. The van der Waals surface area contributed by atoms with Crippen LogP contribution in [0.25, 0.3) is 22.0 Å². The van der Waals surface area contributed by atoms with Gasteiger partial charge in [0.2, 0.25) is 0 Å². The molecule has 0 spiro atoms. The van der Waals surface area contributed by atoms with Crippen LogP contribution in [0.3, 0.4) is 0 Å². The summed E-state index contributed by atoms with van der Waals surface area (Å²) in [6, 6.07) is 13.0. The lowest BCUT2D eigenvalue weighted by atomic mass is 9.94. The van der Waals surface area contributed by atoms with Crippen LogP contribution in [0.5, 0.6) is 0 Å². The van der Waals surface area contributed by atoms with Crippen molar-refractivity contribution in [1.82, 2.24) is 4.98 Å². The average molecular weight is 235 g/mol. The van der Waals surface area contributed by atoms with Gasteiger partial charge in [0.15, 0.2) is 0 Å². The highest BCUT2D eigenvalue weighted by Crippen LogP contribution is 2.33. The molecule has 1 heteroatoms. The second kappa shape index (κ2) is 4.02. The molecule has 90 valence electrons. The van der Waals surface area contributed by atoms with Crippen molar-refractivity contribution in [3.8, 4) is 11.1 Å². The summed E-state index contributed by atoms with van der Waals surface area (Å²) >= 11 is 0. The summed E-state index contributed by atoms with van der Waals surface area (Å²) in [5, 5.41) is 1.30. The fraction of sp³-hybridized carbons (Fsp3) is 0.176. The number of aromatic amines is 1. The zero-order chi connectivity index (χ0) is 12.7. The first-order valence-electron chi connectivity index (χ1n) is 6.31. The van der Waals surface area contributed by atoms with Crippen molar-refractivity contribution in [2.24, 2.45) is 0 Å². The highest BCUT2D eigenvalue weighted by molar-refractivity contribution is 5.97. The van der Waals surface area contributed by atoms with Crippen molar-refractivity contribution in [3.63, 3.8) is 0 Å². The Morgan fingerprint density at radius 3 is 2.28 bits per heavy atom. The third-order valence-corrected chi connectivity index (χ3v) is 3.54. The predicted octanol–water partition coefficient (Wildman–Crippen LogP) is 4.76. The second-order valence-corrected chi connectivity index (χ2v) is 5.02. The molecule has 2 aromatic carbocycles. The fourth-order valence-corrected chi connectivity index (χ4v) is 2.88. The Labute approximate surface area is 107 Å². The van der Waals surface area contributed by atoms with E-state index in [4.69, 9.17) is 0 Å². The number of benzene rings is 2. The molecule has 0 fully saturated rings. The van der Waals surface area contributed by atoms with Crippen molar-refractivity contribution >= 4 is 10.9 Å². The van der Waals surface area contributed by atoms with E-state index < -0.39 is 0 Å². The summed E-state index contributed by atoms with van der Waals surface area (Å²) in [7, 11) is 0. The van der Waals surface area contributed by atoms with Gasteiger partial charge in [0, 0.05) is 22.7 Å². The van der Waals surface area contributed by atoms with Crippen LogP contribution in [0.15, 0.2) is 42.6 Å². The Morgan fingerprint density at radius 2 is 1.56 bits per heavy atom. The monoisotopic (exact) mass is 235 g/mol. The smallest absolute Gasteiger partial charge is 0.0460 e. The fourth-order valence-electron chi connectivity index (χ4n) is 2.88. The Morgan fingerprint density at radius 1 is 0.889 bits per heavy atom. The normalized spacial score (nSPS) is 11.1. The minimum atomic E-state index is 1.20. The van der Waals surface area contributed by atoms with Crippen LogP contribution in [0.4, 0.5) is 0 Å². The summed E-state index contributed by atoms with van der Waals surface area (Å²) in [5.41, 5.74) is 7.88. The number of hydrogen-bond donors (Lipinski definition) is 1. The Bertz CT molecular complexity index is 696. The number of aromatic nitrogens is 1. The number of hydrogen-bond acceptors (Lipinski definition) is 0. The van der Waals surface area contributed by atoms with Crippen LogP contribution in [-0.4, -0.2) is 4.98 Å². The lowest BCUT2D eigenvalue weighted by Crippen LogP contribution is -1.89. The molecule has 3 aromatic rings. The highest BCUT2D eigenvalue weighted by atomic mass is 14.7. The molecule has 0 unspecified atom stereocenters. The predicted molar refractivity (Wildman–Crippen MR) is 77.9 cm³/mol. The third kappa shape index (κ3) is 1.63. The Hall–Kier alpha value is -2.02. The topological polar surface area (TPSA) is 15.8 Å². The minimum absolute atomic E-state index is 1.20. The van der Waals surface area contributed by atoms with Gasteiger partial charge in [-0.05, 0) is 43.5 Å². The van der Waals surface area contributed by atoms with Gasteiger partial charge in [-0.15, -0.1) is 0 Å². The van der Waals surface area contributed by atoms with E-state index in [0.29, 0.717) is 0 Å². The van der Waals surface area contributed by atoms with Crippen molar-refractivity contribution in [3.05, 3.63) is 59.3 Å². The SMILES string of the molecule is Cc1cc(C)c(-c2c[nH]c3ccccc23)c(C)c1. The van der Waals surface area contributed by atoms with Crippen LogP contribution in [0.1, 0.15) is 16.7 Å². The molecular weight excluding hydrogens is 218 g/mol. The van der Waals surface area contributed by atoms with Gasteiger partial charge in [0.1, 0.15) is 0 Å². The zero-order valence-corrected chi connectivity index (χ0v) is 11.0. The van der Waals surface area contributed by atoms with E-state index in [2.05, 4.69) is 68.4 Å². The number of para-hydroxylation sites is 1. The molecule has 0 aliphatic carbocycles. The van der Waals surface area contributed by atoms with Gasteiger partial charge < -0.3 is 4.98 Å². The van der Waals surface area contributed by atoms with E-state index in [1.807, 2.05) is 0 Å². The third-order valence-electron chi connectivity index (χ3n) is 3.54. The van der Waals surface area contributed by atoms with Gasteiger partial charge in [-0.2, -0.15) is 0 Å². The van der Waals surface area contributed by atoms with Gasteiger partial charge in [-0.3, -0.25) is 0 Å². The molecule has 0 atom stereocenters. The quantitative estimate of drug-likeness (QED) is 0.626. The van der Waals surface area contributed by atoms with Crippen molar-refractivity contribution in [2.75, 3.05) is 0 Å². The van der Waals surface area contributed by atoms with Gasteiger partial charge in [-0.1, -0.05) is 35.9 Å². The van der Waals surface area contributed by atoms with Gasteiger partial charge in [0.25, 0.3) is 0 Å². The number of nitrogens with one attached hydrogen (secondary N) is 1. The van der Waals surface area contributed by atoms with Crippen molar-refractivity contribution < 1.29 is 0 Å². The van der Waals surface area contributed by atoms with Gasteiger partial charge in [-0.25, -0.2) is 0 Å². The standard InChI is InChI=1S/C17H17N/c1-11-8-12(2)17(13(3)9-11)15-10-18-16-7-5-4-6-14(15)16/h4-10,18H,1-3H3. The molecule has 0 aliphatic heterocycles. The molecule has 0 saturated heterocycles. The molecule has 0 saturated carbocycles. The second-order valence-electron chi connectivity index (χ2n) is 5.02. The summed E-state index contributed by atoms with van der Waals surface area (Å²) in [6.45, 7) is 6.53. The number of H-pyrrole nitrogens is 1. The largest absolute Gasteiger partial charge is 0.361 e. The lowest BCUT2D eigenvalue weighted by Gasteiger charge is -2.10. The van der Waals surface area contributed by atoms with E-state index in [0.717, 1.165) is 0 Å². The molecule has 3 rings (SSSR count). The molecule has 1 N–H and O–H groups in total. The number of aryl methyl sites for hydroxylation is 3. The molecule has 1 heterocycles. The van der Waals surface area contributed by atoms with Crippen LogP contribution in [0, 0.1) is 20.8 Å². The average Bonchev–Trinajstić information content (AvgIpc) is 2.72. The van der Waals surface area contributed by atoms with E-state index >= 15 is 0 Å². The maximum Gasteiger partial charge on any atom is 0.0460 e. The molecule has 0 aliphatic rings. The van der Waals surface area contributed by atoms with Crippen LogP contribution >= 0.6 is 0 Å². The molecule has 1 aromatic heterocycles. The maximum atomic E-state index is 3.36. The van der Waals surface area contributed by atoms with Crippen molar-refractivity contribution in [1.29, 1.82) is 0 Å². The molecule has 1 nitrogen and oxygen atoms in total. The first-order valence-corrected chi connectivity index (χ1v) is 6.31. The summed E-state index contributed by atoms with van der Waals surface area (Å²) in [6.07, 6.45) is 2.12. The molecule has 0 amide bonds. The highest BCUT2D eigenvalue weighted by Gasteiger charge is 2.10. The van der Waals surface area contributed by atoms with Gasteiger partial charge >= 0.3 is 0 Å². The summed E-state index contributed by atoms with van der Waals surface area (Å²) in [5.74, 6) is 0. The summed E-state index contributed by atoms with van der Waals surface area (Å²) < 4.78 is 0. The molecule has 18 heavy (non-hydrogen) atoms.